The third-order valence-corrected chi connectivity index (χ3v) is 3.55. The van der Waals surface area contributed by atoms with E-state index in [2.05, 4.69) is 15.5 Å². The fraction of sp³-hybridized carbons (Fsp3) is 0.125. The first-order chi connectivity index (χ1) is 11.5. The summed E-state index contributed by atoms with van der Waals surface area (Å²) in [7, 11) is 0. The van der Waals surface area contributed by atoms with E-state index in [1.807, 2.05) is 18.2 Å². The van der Waals surface area contributed by atoms with Crippen LogP contribution in [0.15, 0.2) is 36.5 Å². The van der Waals surface area contributed by atoms with Gasteiger partial charge in [-0.1, -0.05) is 30.3 Å². The molecule has 3 N–H and O–H groups in total. The second-order valence-corrected chi connectivity index (χ2v) is 5.15. The van der Waals surface area contributed by atoms with Crippen molar-refractivity contribution in [3.05, 3.63) is 47.9 Å². The van der Waals surface area contributed by atoms with Crippen molar-refractivity contribution in [3.63, 3.8) is 0 Å². The van der Waals surface area contributed by atoms with E-state index in [1.165, 1.54) is 0 Å². The van der Waals surface area contributed by atoms with Gasteiger partial charge in [0.05, 0.1) is 0 Å². The Morgan fingerprint density at radius 2 is 1.88 bits per heavy atom. The summed E-state index contributed by atoms with van der Waals surface area (Å²) in [6.45, 7) is 1.15. The first-order valence-electron chi connectivity index (χ1n) is 7.11. The zero-order chi connectivity index (χ0) is 17.3. The highest BCUT2D eigenvalue weighted by molar-refractivity contribution is 6.05. The van der Waals surface area contributed by atoms with Crippen LogP contribution in [-0.2, 0) is 4.79 Å². The monoisotopic (exact) mass is 362 g/mol. The number of aromatic nitrogens is 3. The van der Waals surface area contributed by atoms with Gasteiger partial charge in [-0.05, 0) is 12.5 Å². The molecule has 8 nitrogen and oxygen atoms in total. The number of aromatic hydroxyl groups is 1. The summed E-state index contributed by atoms with van der Waals surface area (Å²) in [6, 6.07) is 9.03. The van der Waals surface area contributed by atoms with Crippen molar-refractivity contribution in [2.45, 2.75) is 6.92 Å². The number of benzene rings is 1. The summed E-state index contributed by atoms with van der Waals surface area (Å²) in [5.41, 5.74) is 1.18. The van der Waals surface area contributed by atoms with Crippen LogP contribution >= 0.6 is 12.4 Å². The van der Waals surface area contributed by atoms with Crippen molar-refractivity contribution in [1.29, 1.82) is 0 Å². The van der Waals surface area contributed by atoms with Crippen molar-refractivity contribution in [1.82, 2.24) is 19.9 Å². The van der Waals surface area contributed by atoms with Crippen LogP contribution in [0.3, 0.4) is 0 Å². The number of carbonyl (C=O) groups excluding carboxylic acids is 1. The molecular formula is C16H15ClN4O4. The van der Waals surface area contributed by atoms with Gasteiger partial charge in [0.15, 0.2) is 5.65 Å². The van der Waals surface area contributed by atoms with Crippen molar-refractivity contribution in [2.75, 3.05) is 6.54 Å². The van der Waals surface area contributed by atoms with Gasteiger partial charge in [0.2, 0.25) is 0 Å². The molecule has 2 heterocycles. The molecular weight excluding hydrogens is 348 g/mol. The minimum Gasteiger partial charge on any atom is -0.506 e. The Balaban J connectivity index is 0.00000225. The van der Waals surface area contributed by atoms with E-state index in [0.29, 0.717) is 17.0 Å². The number of hydrogen-bond acceptors (Lipinski definition) is 5. The van der Waals surface area contributed by atoms with E-state index in [-0.39, 0.29) is 29.4 Å². The van der Waals surface area contributed by atoms with Crippen LogP contribution in [0, 0.1) is 6.92 Å². The molecule has 0 radical (unpaired) electrons. The minimum atomic E-state index is -1.18. The summed E-state index contributed by atoms with van der Waals surface area (Å²) < 4.78 is 1.58. The smallest absolute Gasteiger partial charge is 0.322 e. The summed E-state index contributed by atoms with van der Waals surface area (Å²) in [5.74, 6) is -1.65. The molecule has 3 rings (SSSR count). The average Bonchev–Trinajstić information content (AvgIpc) is 2.93. The molecule has 130 valence electrons. The van der Waals surface area contributed by atoms with Gasteiger partial charge in [0.1, 0.15) is 23.7 Å². The van der Waals surface area contributed by atoms with Crippen molar-refractivity contribution in [3.8, 4) is 16.9 Å². The Bertz CT molecular complexity index is 940. The molecule has 0 spiro atoms. The molecule has 0 aliphatic carbocycles. The molecule has 0 saturated heterocycles. The number of aryl methyl sites for hydroxylation is 1. The molecule has 0 bridgehead atoms. The molecule has 25 heavy (non-hydrogen) atoms. The number of fused-ring (bicyclic) bond motifs is 1. The van der Waals surface area contributed by atoms with Gasteiger partial charge in [-0.15, -0.1) is 22.6 Å². The Hall–Kier alpha value is -3.13. The second-order valence-electron chi connectivity index (χ2n) is 5.15. The fourth-order valence-electron chi connectivity index (χ4n) is 2.41. The number of nitrogens with one attached hydrogen (secondary N) is 1. The van der Waals surface area contributed by atoms with Crippen LogP contribution in [0.5, 0.6) is 5.75 Å². The first-order valence-corrected chi connectivity index (χ1v) is 7.11. The van der Waals surface area contributed by atoms with Gasteiger partial charge in [-0.3, -0.25) is 14.0 Å². The van der Waals surface area contributed by atoms with Crippen LogP contribution in [-0.4, -0.2) is 43.2 Å². The third kappa shape index (κ3) is 3.38. The number of carboxylic acids is 1. The number of carboxylic acid groups (broad SMARTS) is 1. The lowest BCUT2D eigenvalue weighted by Crippen LogP contribution is -2.29. The maximum Gasteiger partial charge on any atom is 0.322 e. The highest BCUT2D eigenvalue weighted by atomic mass is 35.5. The van der Waals surface area contributed by atoms with E-state index in [0.717, 1.165) is 0 Å². The number of nitrogens with zero attached hydrogens (tertiary/aromatic N) is 3. The van der Waals surface area contributed by atoms with Crippen molar-refractivity contribution < 1.29 is 19.8 Å². The average molecular weight is 363 g/mol. The number of aliphatic carboxylic acids is 1. The molecule has 2 aromatic heterocycles. The lowest BCUT2D eigenvalue weighted by atomic mass is 10.0. The molecule has 9 heteroatoms. The van der Waals surface area contributed by atoms with E-state index in [1.54, 1.807) is 29.7 Å². The van der Waals surface area contributed by atoms with E-state index >= 15 is 0 Å². The topological polar surface area (TPSA) is 117 Å². The number of carbonyl (C=O) groups is 2. The van der Waals surface area contributed by atoms with E-state index < -0.39 is 18.4 Å². The molecule has 0 fully saturated rings. The van der Waals surface area contributed by atoms with Crippen LogP contribution in [0.2, 0.25) is 0 Å². The van der Waals surface area contributed by atoms with Gasteiger partial charge < -0.3 is 15.5 Å². The SMILES string of the molecule is Cc1nnc2c(C(=O)NCC(=O)O)c(O)c(-c3ccccc3)cn12.Cl. The quantitative estimate of drug-likeness (QED) is 0.649. The van der Waals surface area contributed by atoms with Crippen molar-refractivity contribution in [2.24, 2.45) is 0 Å². The lowest BCUT2D eigenvalue weighted by Gasteiger charge is -2.12. The van der Waals surface area contributed by atoms with Gasteiger partial charge in [0, 0.05) is 11.8 Å². The van der Waals surface area contributed by atoms with Crippen LogP contribution in [0.4, 0.5) is 0 Å². The zero-order valence-electron chi connectivity index (χ0n) is 13.1. The lowest BCUT2D eigenvalue weighted by molar-refractivity contribution is -0.135. The highest BCUT2D eigenvalue weighted by Crippen LogP contribution is 2.34. The summed E-state index contributed by atoms with van der Waals surface area (Å²) in [5, 5.41) is 29.4. The summed E-state index contributed by atoms with van der Waals surface area (Å²) >= 11 is 0. The minimum absolute atomic E-state index is 0. The Kier molecular flexibility index (Phi) is 5.23. The largest absolute Gasteiger partial charge is 0.506 e. The predicted molar refractivity (Wildman–Crippen MR) is 92.0 cm³/mol. The molecule has 0 atom stereocenters. The van der Waals surface area contributed by atoms with Crippen LogP contribution in [0.25, 0.3) is 16.8 Å². The number of amides is 1. The second kappa shape index (κ2) is 7.18. The molecule has 3 aromatic rings. The number of rotatable bonds is 4. The fourth-order valence-corrected chi connectivity index (χ4v) is 2.41. The predicted octanol–water partition coefficient (Wildman–Crippen LogP) is 1.65. The maximum atomic E-state index is 12.4. The molecule has 0 unspecified atom stereocenters. The molecule has 1 aromatic carbocycles. The summed E-state index contributed by atoms with van der Waals surface area (Å²) in [6.07, 6.45) is 1.64. The Labute approximate surface area is 148 Å². The van der Waals surface area contributed by atoms with E-state index in [9.17, 15) is 14.7 Å². The Morgan fingerprint density at radius 3 is 2.52 bits per heavy atom. The standard InChI is InChI=1S/C16H14N4O4.ClH/c1-9-18-19-15-13(16(24)17-7-12(21)22)14(23)11(8-20(9)15)10-5-3-2-4-6-10;/h2-6,8,23H,7H2,1H3,(H,17,24)(H,21,22);1H. The van der Waals surface area contributed by atoms with Gasteiger partial charge in [-0.2, -0.15) is 0 Å². The van der Waals surface area contributed by atoms with Gasteiger partial charge in [0.25, 0.3) is 5.91 Å². The highest BCUT2D eigenvalue weighted by Gasteiger charge is 2.23. The zero-order valence-corrected chi connectivity index (χ0v) is 13.9. The number of hydrogen-bond donors (Lipinski definition) is 3. The normalized spacial score (nSPS) is 10.3. The maximum absolute atomic E-state index is 12.4. The molecule has 0 saturated carbocycles. The van der Waals surface area contributed by atoms with Crippen molar-refractivity contribution >= 4 is 29.9 Å². The number of pyridine rings is 1. The molecule has 0 aliphatic heterocycles. The van der Waals surface area contributed by atoms with Gasteiger partial charge >= 0.3 is 5.97 Å². The molecule has 1 amide bonds. The molecule has 0 aliphatic rings. The number of halogens is 1. The van der Waals surface area contributed by atoms with E-state index in [4.69, 9.17) is 5.11 Å². The third-order valence-electron chi connectivity index (χ3n) is 3.55. The summed E-state index contributed by atoms with van der Waals surface area (Å²) in [4.78, 5) is 23.0. The van der Waals surface area contributed by atoms with Crippen LogP contribution < -0.4 is 5.32 Å². The van der Waals surface area contributed by atoms with Crippen LogP contribution in [0.1, 0.15) is 16.2 Å². The first kappa shape index (κ1) is 18.2. The van der Waals surface area contributed by atoms with Gasteiger partial charge in [-0.25, -0.2) is 0 Å². The Morgan fingerprint density at radius 1 is 1.20 bits per heavy atom.